The predicted molar refractivity (Wildman–Crippen MR) is 86.0 cm³/mol. The summed E-state index contributed by atoms with van der Waals surface area (Å²) < 4.78 is 28.6. The second-order valence-electron chi connectivity index (χ2n) is 6.33. The Morgan fingerprint density at radius 1 is 1.15 bits per heavy atom. The van der Waals surface area contributed by atoms with Crippen molar-refractivity contribution < 1.29 is 8.42 Å². The third kappa shape index (κ3) is 3.05. The van der Waals surface area contributed by atoms with E-state index < -0.39 is 15.6 Å². The van der Waals surface area contributed by atoms with Crippen molar-refractivity contribution in [2.24, 2.45) is 0 Å². The number of benzene rings is 1. The van der Waals surface area contributed by atoms with E-state index in [1.165, 1.54) is 16.9 Å². The normalized spacial score (nSPS) is 13.3. The Morgan fingerprint density at radius 2 is 1.80 bits per heavy atom. The van der Waals surface area contributed by atoms with Crippen LogP contribution in [0.2, 0.25) is 0 Å². The Labute approximate surface area is 125 Å². The number of thiophene rings is 1. The van der Waals surface area contributed by atoms with Gasteiger partial charge < -0.3 is 0 Å². The van der Waals surface area contributed by atoms with E-state index >= 15 is 0 Å². The average Bonchev–Trinajstić information content (AvgIpc) is 2.71. The second-order valence-corrected chi connectivity index (χ2v) is 8.89. The first-order valence-electron chi connectivity index (χ1n) is 6.66. The maximum atomic E-state index is 12.5. The van der Waals surface area contributed by atoms with Crippen LogP contribution in [-0.4, -0.2) is 14.0 Å². The summed E-state index contributed by atoms with van der Waals surface area (Å²) in [6, 6.07) is 5.66. The molecule has 0 aliphatic carbocycles. The fourth-order valence-corrected chi connectivity index (χ4v) is 5.06. The minimum Gasteiger partial charge on any atom is -0.207 e. The number of hydrogen-bond donors (Lipinski definition) is 1. The number of sulfonamides is 1. The molecule has 2 aromatic rings. The molecule has 0 bridgehead atoms. The zero-order valence-electron chi connectivity index (χ0n) is 12.5. The first-order valence-corrected chi connectivity index (χ1v) is 9.02. The van der Waals surface area contributed by atoms with Gasteiger partial charge in [0.25, 0.3) is 0 Å². The van der Waals surface area contributed by atoms with Crippen molar-refractivity contribution in [2.45, 2.75) is 51.0 Å². The molecule has 1 N–H and O–H groups in total. The van der Waals surface area contributed by atoms with E-state index in [2.05, 4.69) is 18.6 Å². The van der Waals surface area contributed by atoms with E-state index in [0.717, 1.165) is 10.1 Å². The van der Waals surface area contributed by atoms with Crippen molar-refractivity contribution in [1.29, 1.82) is 0 Å². The summed E-state index contributed by atoms with van der Waals surface area (Å²) in [4.78, 5) is 0.377. The molecule has 0 saturated heterocycles. The van der Waals surface area contributed by atoms with Gasteiger partial charge in [-0.15, -0.1) is 11.3 Å². The van der Waals surface area contributed by atoms with Crippen molar-refractivity contribution in [1.82, 2.24) is 4.72 Å². The summed E-state index contributed by atoms with van der Waals surface area (Å²) >= 11 is 1.48. The van der Waals surface area contributed by atoms with Crippen LogP contribution in [0.5, 0.6) is 0 Å². The summed E-state index contributed by atoms with van der Waals surface area (Å²) in [6.45, 7) is 9.78. The molecule has 0 saturated carbocycles. The quantitative estimate of drug-likeness (QED) is 0.927. The Balaban J connectivity index is 2.63. The van der Waals surface area contributed by atoms with Crippen molar-refractivity contribution in [3.63, 3.8) is 0 Å². The summed E-state index contributed by atoms with van der Waals surface area (Å²) in [5.74, 6) is 0.374. The van der Waals surface area contributed by atoms with Gasteiger partial charge in [-0.05, 0) is 55.2 Å². The molecule has 0 fully saturated rings. The molecule has 110 valence electrons. The second kappa shape index (κ2) is 5.13. The largest absolute Gasteiger partial charge is 0.242 e. The molecule has 20 heavy (non-hydrogen) atoms. The molecule has 5 heteroatoms. The molecule has 2 rings (SSSR count). The van der Waals surface area contributed by atoms with Gasteiger partial charge in [-0.1, -0.05) is 19.9 Å². The number of rotatable bonds is 3. The molecule has 1 aromatic heterocycles. The molecule has 0 spiro atoms. The Morgan fingerprint density at radius 3 is 2.35 bits per heavy atom. The summed E-state index contributed by atoms with van der Waals surface area (Å²) in [7, 11) is -3.50. The molecular weight excluding hydrogens is 290 g/mol. The van der Waals surface area contributed by atoms with Crippen LogP contribution in [0.1, 0.15) is 46.1 Å². The highest BCUT2D eigenvalue weighted by Crippen LogP contribution is 2.34. The van der Waals surface area contributed by atoms with Crippen LogP contribution < -0.4 is 4.72 Å². The highest BCUT2D eigenvalue weighted by atomic mass is 32.2. The van der Waals surface area contributed by atoms with Gasteiger partial charge in [-0.25, -0.2) is 13.1 Å². The van der Waals surface area contributed by atoms with E-state index in [1.54, 1.807) is 6.07 Å². The van der Waals surface area contributed by atoms with Gasteiger partial charge in [-0.3, -0.25) is 0 Å². The molecule has 0 atom stereocenters. The molecule has 0 aliphatic rings. The van der Waals surface area contributed by atoms with Gasteiger partial charge >= 0.3 is 0 Å². The number of nitrogens with one attached hydrogen (secondary N) is 1. The van der Waals surface area contributed by atoms with E-state index in [4.69, 9.17) is 0 Å². The minimum atomic E-state index is -3.50. The van der Waals surface area contributed by atoms with Crippen LogP contribution in [0.25, 0.3) is 10.1 Å². The molecule has 0 radical (unpaired) electrons. The van der Waals surface area contributed by atoms with Crippen LogP contribution in [0, 0.1) is 0 Å². The molecule has 1 aromatic carbocycles. The summed E-state index contributed by atoms with van der Waals surface area (Å²) in [5, 5.41) is 2.99. The molecule has 3 nitrogen and oxygen atoms in total. The van der Waals surface area contributed by atoms with Gasteiger partial charge in [-0.2, -0.15) is 0 Å². The van der Waals surface area contributed by atoms with Crippen molar-refractivity contribution >= 4 is 31.4 Å². The third-order valence-corrected chi connectivity index (χ3v) is 5.84. The molecular formula is C15H21NO2S2. The average molecular weight is 311 g/mol. The van der Waals surface area contributed by atoms with E-state index in [-0.39, 0.29) is 0 Å². The van der Waals surface area contributed by atoms with Crippen molar-refractivity contribution in [2.75, 3.05) is 0 Å². The first-order chi connectivity index (χ1) is 9.12. The maximum absolute atomic E-state index is 12.5. The van der Waals surface area contributed by atoms with Gasteiger partial charge in [0.05, 0.1) is 9.60 Å². The molecule has 0 aliphatic heterocycles. The zero-order chi connectivity index (χ0) is 15.1. The highest BCUT2D eigenvalue weighted by molar-refractivity contribution is 7.90. The predicted octanol–water partition coefficient (Wildman–Crippen LogP) is 4.10. The lowest BCUT2D eigenvalue weighted by Gasteiger charge is -2.21. The van der Waals surface area contributed by atoms with Gasteiger partial charge in [0.15, 0.2) is 0 Å². The molecule has 0 unspecified atom stereocenters. The number of fused-ring (bicyclic) bond motifs is 1. The lowest BCUT2D eigenvalue weighted by Crippen LogP contribution is -2.40. The van der Waals surface area contributed by atoms with Gasteiger partial charge in [0.2, 0.25) is 10.0 Å². The summed E-state index contributed by atoms with van der Waals surface area (Å²) in [6.07, 6.45) is 0. The highest BCUT2D eigenvalue weighted by Gasteiger charge is 2.25. The molecule has 0 amide bonds. The zero-order valence-corrected chi connectivity index (χ0v) is 14.2. The minimum absolute atomic E-state index is 0.374. The monoisotopic (exact) mass is 311 g/mol. The number of hydrogen-bond acceptors (Lipinski definition) is 3. The fourth-order valence-electron chi connectivity index (χ4n) is 2.23. The molecule has 1 heterocycles. The lowest BCUT2D eigenvalue weighted by molar-refractivity contribution is 0.492. The SMILES string of the molecule is CC(C)c1ccc(S(=O)(=O)NC(C)(C)C)c2sccc12. The van der Waals surface area contributed by atoms with E-state index in [1.807, 2.05) is 38.3 Å². The van der Waals surface area contributed by atoms with Crippen LogP contribution in [0.3, 0.4) is 0 Å². The fraction of sp³-hybridized carbons (Fsp3) is 0.467. The van der Waals surface area contributed by atoms with Gasteiger partial charge in [0, 0.05) is 5.54 Å². The van der Waals surface area contributed by atoms with E-state index in [0.29, 0.717) is 10.8 Å². The Kier molecular flexibility index (Phi) is 3.97. The Bertz CT molecular complexity index is 722. The van der Waals surface area contributed by atoms with Crippen molar-refractivity contribution in [3.05, 3.63) is 29.1 Å². The standard InChI is InChI=1S/C15H21NO2S2/c1-10(2)11-6-7-13(14-12(11)8-9-19-14)20(17,18)16-15(3,4)5/h6-10,16H,1-5H3. The first kappa shape index (κ1) is 15.5. The van der Waals surface area contributed by atoms with Crippen LogP contribution in [0.15, 0.2) is 28.5 Å². The Hall–Kier alpha value is -0.910. The smallest absolute Gasteiger partial charge is 0.207 e. The lowest BCUT2D eigenvalue weighted by atomic mass is 10.00. The third-order valence-electron chi connectivity index (χ3n) is 2.97. The van der Waals surface area contributed by atoms with E-state index in [9.17, 15) is 8.42 Å². The maximum Gasteiger partial charge on any atom is 0.242 e. The topological polar surface area (TPSA) is 46.2 Å². The van der Waals surface area contributed by atoms with Gasteiger partial charge in [0.1, 0.15) is 0 Å². The van der Waals surface area contributed by atoms with Crippen LogP contribution in [-0.2, 0) is 10.0 Å². The van der Waals surface area contributed by atoms with Crippen LogP contribution in [0.4, 0.5) is 0 Å². The van der Waals surface area contributed by atoms with Crippen LogP contribution >= 0.6 is 11.3 Å². The van der Waals surface area contributed by atoms with Crippen molar-refractivity contribution in [3.8, 4) is 0 Å². The summed E-state index contributed by atoms with van der Waals surface area (Å²) in [5.41, 5.74) is 0.704.